The Morgan fingerprint density at radius 1 is 1.03 bits per heavy atom. The van der Waals surface area contributed by atoms with Gasteiger partial charge in [0.2, 0.25) is 0 Å². The number of amides is 1. The highest BCUT2D eigenvalue weighted by Gasteiger charge is 2.33. The van der Waals surface area contributed by atoms with E-state index in [1.54, 1.807) is 17.0 Å². The Bertz CT molecular complexity index is 1280. The van der Waals surface area contributed by atoms with Crippen LogP contribution in [0.3, 0.4) is 0 Å². The van der Waals surface area contributed by atoms with Crippen LogP contribution in [0.5, 0.6) is 0 Å². The Balaban J connectivity index is 1.49. The molecule has 144 valence electrons. The summed E-state index contributed by atoms with van der Waals surface area (Å²) in [4.78, 5) is 38.9. The minimum Gasteiger partial charge on any atom is -0.325 e. The van der Waals surface area contributed by atoms with Gasteiger partial charge in [-0.25, -0.2) is 14.6 Å². The van der Waals surface area contributed by atoms with Crippen molar-refractivity contribution in [2.24, 2.45) is 0 Å². The minimum absolute atomic E-state index is 0.105. The first-order chi connectivity index (χ1) is 14.1. The van der Waals surface area contributed by atoms with E-state index >= 15 is 0 Å². The summed E-state index contributed by atoms with van der Waals surface area (Å²) in [5, 5.41) is 4.58. The average molecular weight is 386 g/mol. The molecule has 0 fully saturated rings. The van der Waals surface area contributed by atoms with Gasteiger partial charge in [-0.05, 0) is 19.1 Å². The van der Waals surface area contributed by atoms with Gasteiger partial charge in [0.1, 0.15) is 5.82 Å². The Kier molecular flexibility index (Phi) is 3.97. The van der Waals surface area contributed by atoms with Crippen LogP contribution in [0.4, 0.5) is 0 Å². The largest absolute Gasteiger partial charge is 0.325 e. The molecule has 0 aliphatic carbocycles. The zero-order valence-corrected chi connectivity index (χ0v) is 15.7. The number of carbonyl (C=O) groups excluding carboxylic acids is 1. The van der Waals surface area contributed by atoms with Gasteiger partial charge >= 0.3 is 0 Å². The van der Waals surface area contributed by atoms with Crippen molar-refractivity contribution in [1.82, 2.24) is 29.6 Å². The fourth-order valence-electron chi connectivity index (χ4n) is 3.66. The monoisotopic (exact) mass is 386 g/mol. The lowest BCUT2D eigenvalue weighted by Crippen LogP contribution is -2.43. The maximum atomic E-state index is 13.1. The molecule has 3 heterocycles. The van der Waals surface area contributed by atoms with Gasteiger partial charge in [0.25, 0.3) is 11.5 Å². The SMILES string of the molecule is C[C@H]1c2nc(-c3ccccc3)nn2CCN1C(=O)c1nc2ccccc2[nH]c1=O. The molecule has 1 N–H and O–H groups in total. The standard InChI is InChI=1S/C21H18N6O2/c1-13-19-24-18(14-7-3-2-4-8-14)25-27(19)12-11-26(13)21(29)17-20(28)23-16-10-6-5-9-15(16)22-17/h2-10,13H,11-12H2,1H3,(H,23,28)/t13-/m0/s1. The molecule has 0 bridgehead atoms. The predicted octanol–water partition coefficient (Wildman–Crippen LogP) is 2.40. The first-order valence-corrected chi connectivity index (χ1v) is 9.42. The lowest BCUT2D eigenvalue weighted by molar-refractivity contribution is 0.0623. The quantitative estimate of drug-likeness (QED) is 0.571. The first-order valence-electron chi connectivity index (χ1n) is 9.42. The molecule has 5 rings (SSSR count). The van der Waals surface area contributed by atoms with Gasteiger partial charge in [0, 0.05) is 12.1 Å². The van der Waals surface area contributed by atoms with E-state index in [1.165, 1.54) is 0 Å². The van der Waals surface area contributed by atoms with Crippen molar-refractivity contribution in [3.8, 4) is 11.4 Å². The molecule has 1 aliphatic rings. The fourth-order valence-corrected chi connectivity index (χ4v) is 3.66. The number of aromatic nitrogens is 5. The summed E-state index contributed by atoms with van der Waals surface area (Å²) < 4.78 is 1.83. The van der Waals surface area contributed by atoms with E-state index in [0.29, 0.717) is 35.8 Å². The van der Waals surface area contributed by atoms with Crippen molar-refractivity contribution in [2.75, 3.05) is 6.54 Å². The molecule has 1 aliphatic heterocycles. The number of hydrogen-bond acceptors (Lipinski definition) is 5. The normalized spacial score (nSPS) is 16.0. The van der Waals surface area contributed by atoms with Crippen LogP contribution in [-0.2, 0) is 6.54 Å². The minimum atomic E-state index is -0.488. The van der Waals surface area contributed by atoms with Gasteiger partial charge in [-0.1, -0.05) is 42.5 Å². The Labute approximate surface area is 165 Å². The summed E-state index contributed by atoms with van der Waals surface area (Å²) in [7, 11) is 0. The highest BCUT2D eigenvalue weighted by atomic mass is 16.2. The highest BCUT2D eigenvalue weighted by molar-refractivity contribution is 5.94. The molecule has 0 saturated carbocycles. The summed E-state index contributed by atoms with van der Waals surface area (Å²) in [6, 6.07) is 16.5. The van der Waals surface area contributed by atoms with Crippen LogP contribution >= 0.6 is 0 Å². The molecule has 1 atom stereocenters. The molecule has 0 spiro atoms. The van der Waals surface area contributed by atoms with E-state index in [-0.39, 0.29) is 11.7 Å². The van der Waals surface area contributed by atoms with Crippen molar-refractivity contribution in [3.63, 3.8) is 0 Å². The molecular formula is C21H18N6O2. The maximum absolute atomic E-state index is 13.1. The molecule has 8 heteroatoms. The number of H-pyrrole nitrogens is 1. The molecule has 0 radical (unpaired) electrons. The number of fused-ring (bicyclic) bond motifs is 2. The summed E-state index contributed by atoms with van der Waals surface area (Å²) in [6.45, 7) is 2.83. The zero-order chi connectivity index (χ0) is 20.0. The van der Waals surface area contributed by atoms with Crippen molar-refractivity contribution in [3.05, 3.63) is 76.5 Å². The lowest BCUT2D eigenvalue weighted by atomic mass is 10.2. The van der Waals surface area contributed by atoms with Gasteiger partial charge < -0.3 is 9.88 Å². The second-order valence-corrected chi connectivity index (χ2v) is 6.99. The van der Waals surface area contributed by atoms with E-state index in [2.05, 4.69) is 20.1 Å². The molecule has 2 aromatic heterocycles. The number of carbonyl (C=O) groups is 1. The third-order valence-electron chi connectivity index (χ3n) is 5.19. The fraction of sp³-hybridized carbons (Fsp3) is 0.190. The van der Waals surface area contributed by atoms with E-state index in [9.17, 15) is 9.59 Å². The maximum Gasteiger partial charge on any atom is 0.280 e. The highest BCUT2D eigenvalue weighted by Crippen LogP contribution is 2.27. The molecule has 0 unspecified atom stereocenters. The first kappa shape index (κ1) is 17.3. The Morgan fingerprint density at radius 2 is 1.79 bits per heavy atom. The van der Waals surface area contributed by atoms with Crippen LogP contribution in [-0.4, -0.2) is 42.1 Å². The smallest absolute Gasteiger partial charge is 0.280 e. The molecule has 2 aromatic carbocycles. The predicted molar refractivity (Wildman–Crippen MR) is 107 cm³/mol. The number of rotatable bonds is 2. The van der Waals surface area contributed by atoms with Crippen LogP contribution < -0.4 is 5.56 Å². The summed E-state index contributed by atoms with van der Waals surface area (Å²) in [5.41, 5.74) is 1.51. The topological polar surface area (TPSA) is 96.8 Å². The third kappa shape index (κ3) is 2.89. The number of para-hydroxylation sites is 2. The molecule has 4 aromatic rings. The van der Waals surface area contributed by atoms with Crippen molar-refractivity contribution < 1.29 is 4.79 Å². The molecule has 29 heavy (non-hydrogen) atoms. The number of aromatic amines is 1. The molecule has 0 saturated heterocycles. The van der Waals surface area contributed by atoms with Gasteiger partial charge in [0.05, 0.1) is 23.6 Å². The number of benzene rings is 2. The lowest BCUT2D eigenvalue weighted by Gasteiger charge is -2.32. The van der Waals surface area contributed by atoms with Crippen LogP contribution in [0.15, 0.2) is 59.4 Å². The van der Waals surface area contributed by atoms with E-state index in [4.69, 9.17) is 0 Å². The summed E-state index contributed by atoms with van der Waals surface area (Å²) in [6.07, 6.45) is 0. The van der Waals surface area contributed by atoms with Crippen LogP contribution in [0.25, 0.3) is 22.4 Å². The Morgan fingerprint density at radius 3 is 2.62 bits per heavy atom. The van der Waals surface area contributed by atoms with Crippen LogP contribution in [0.2, 0.25) is 0 Å². The van der Waals surface area contributed by atoms with Crippen LogP contribution in [0, 0.1) is 0 Å². The number of hydrogen-bond donors (Lipinski definition) is 1. The van der Waals surface area contributed by atoms with Gasteiger partial charge in [-0.3, -0.25) is 9.59 Å². The number of nitrogens with zero attached hydrogens (tertiary/aromatic N) is 5. The second-order valence-electron chi connectivity index (χ2n) is 6.99. The Hall–Kier alpha value is -3.81. The number of nitrogens with one attached hydrogen (secondary N) is 1. The van der Waals surface area contributed by atoms with E-state index in [1.807, 2.05) is 54.1 Å². The average Bonchev–Trinajstić information content (AvgIpc) is 3.19. The summed E-state index contributed by atoms with van der Waals surface area (Å²) >= 11 is 0. The van der Waals surface area contributed by atoms with Crippen LogP contribution in [0.1, 0.15) is 29.3 Å². The van der Waals surface area contributed by atoms with E-state index < -0.39 is 11.5 Å². The molecule has 1 amide bonds. The summed E-state index contributed by atoms with van der Waals surface area (Å²) in [5.74, 6) is 0.920. The molecular weight excluding hydrogens is 368 g/mol. The van der Waals surface area contributed by atoms with Crippen molar-refractivity contribution in [2.45, 2.75) is 19.5 Å². The van der Waals surface area contributed by atoms with Gasteiger partial charge in [-0.15, -0.1) is 0 Å². The van der Waals surface area contributed by atoms with Gasteiger partial charge in [0.15, 0.2) is 11.5 Å². The van der Waals surface area contributed by atoms with E-state index in [0.717, 1.165) is 5.56 Å². The van der Waals surface area contributed by atoms with Gasteiger partial charge in [-0.2, -0.15) is 5.10 Å². The van der Waals surface area contributed by atoms with Crippen molar-refractivity contribution in [1.29, 1.82) is 0 Å². The third-order valence-corrected chi connectivity index (χ3v) is 5.19. The van der Waals surface area contributed by atoms with Crippen molar-refractivity contribution >= 4 is 16.9 Å². The zero-order valence-electron chi connectivity index (χ0n) is 15.7. The molecule has 8 nitrogen and oxygen atoms in total. The second kappa shape index (κ2) is 6.66.